The number of allylic oxidation sites excluding steroid dienone is 1. The summed E-state index contributed by atoms with van der Waals surface area (Å²) in [6.07, 6.45) is 7.37. The van der Waals surface area contributed by atoms with E-state index in [4.69, 9.17) is 18.6 Å². The lowest BCUT2D eigenvalue weighted by Crippen LogP contribution is -2.21. The van der Waals surface area contributed by atoms with Crippen molar-refractivity contribution < 1.29 is 23.4 Å². The Morgan fingerprint density at radius 3 is 2.23 bits per heavy atom. The van der Waals surface area contributed by atoms with E-state index in [9.17, 15) is 9.59 Å². The van der Waals surface area contributed by atoms with Crippen LogP contribution in [0.4, 0.5) is 0 Å². The first-order chi connectivity index (χ1) is 19.1. The molecule has 2 aromatic carbocycles. The van der Waals surface area contributed by atoms with E-state index >= 15 is 0 Å². The number of fused-ring (bicyclic) bond motifs is 1. The Morgan fingerprint density at radius 1 is 0.897 bits per heavy atom. The van der Waals surface area contributed by atoms with E-state index in [2.05, 4.69) is 11.9 Å². The van der Waals surface area contributed by atoms with Gasteiger partial charge in [0.15, 0.2) is 5.76 Å². The van der Waals surface area contributed by atoms with Crippen molar-refractivity contribution >= 4 is 17.1 Å². The number of aryl methyl sites for hydroxylation is 1. The Bertz CT molecular complexity index is 1550. The van der Waals surface area contributed by atoms with Crippen LogP contribution >= 0.6 is 0 Å². The molecule has 200 valence electrons. The summed E-state index contributed by atoms with van der Waals surface area (Å²) in [5.74, 6) is 0.550. The molecule has 8 nitrogen and oxygen atoms in total. The Kier molecular flexibility index (Phi) is 8.21. The second-order valence-corrected chi connectivity index (χ2v) is 9.27. The molecule has 0 N–H and O–H groups in total. The van der Waals surface area contributed by atoms with Crippen LogP contribution in [0.25, 0.3) is 11.1 Å². The number of unbranched alkanes of at least 4 members (excludes halogenated alkanes) is 2. The van der Waals surface area contributed by atoms with Gasteiger partial charge in [0.05, 0.1) is 5.39 Å². The number of carbonyl (C=O) groups is 1. The van der Waals surface area contributed by atoms with Crippen LogP contribution in [0.2, 0.25) is 0 Å². The van der Waals surface area contributed by atoms with Gasteiger partial charge in [0.1, 0.15) is 19.0 Å². The molecule has 0 saturated carbocycles. The number of esters is 1. The van der Waals surface area contributed by atoms with Crippen LogP contribution in [0, 0.1) is 0 Å². The van der Waals surface area contributed by atoms with E-state index in [-0.39, 0.29) is 37.0 Å². The van der Waals surface area contributed by atoms with Gasteiger partial charge in [0.2, 0.25) is 11.5 Å². The van der Waals surface area contributed by atoms with Crippen LogP contribution in [0.5, 0.6) is 0 Å². The van der Waals surface area contributed by atoms with Gasteiger partial charge in [-0.1, -0.05) is 80.4 Å². The average Bonchev–Trinajstić information content (AvgIpc) is 3.49. The number of hydrogen-bond acceptors (Lipinski definition) is 7. The van der Waals surface area contributed by atoms with Gasteiger partial charge in [-0.25, -0.2) is 9.59 Å². The van der Waals surface area contributed by atoms with Crippen molar-refractivity contribution in [2.75, 3.05) is 0 Å². The Balaban J connectivity index is 1.38. The minimum Gasteiger partial charge on any atom is -0.481 e. The van der Waals surface area contributed by atoms with E-state index in [1.54, 1.807) is 12.3 Å². The quantitative estimate of drug-likeness (QED) is 0.170. The van der Waals surface area contributed by atoms with Gasteiger partial charge in [-0.2, -0.15) is 4.98 Å². The average molecular weight is 527 g/mol. The van der Waals surface area contributed by atoms with E-state index in [1.165, 1.54) is 4.57 Å². The van der Waals surface area contributed by atoms with Gasteiger partial charge in [0.25, 0.3) is 5.76 Å². The summed E-state index contributed by atoms with van der Waals surface area (Å²) in [5, 5.41) is 0.742. The van der Waals surface area contributed by atoms with Gasteiger partial charge in [0, 0.05) is 19.2 Å². The molecule has 4 aromatic rings. The zero-order valence-corrected chi connectivity index (χ0v) is 21.8. The first kappa shape index (κ1) is 26.0. The monoisotopic (exact) mass is 526 g/mol. The highest BCUT2D eigenvalue weighted by atomic mass is 16.6. The normalized spacial score (nSPS) is 14.3. The second-order valence-electron chi connectivity index (χ2n) is 9.27. The number of carbonyl (C=O) groups excluding carboxylic acids is 1. The molecule has 5 rings (SSSR count). The number of rotatable bonds is 12. The summed E-state index contributed by atoms with van der Waals surface area (Å²) in [6, 6.07) is 21.0. The van der Waals surface area contributed by atoms with E-state index in [0.717, 1.165) is 48.0 Å². The molecule has 3 heterocycles. The molecule has 0 aliphatic carbocycles. The minimum atomic E-state index is -0.646. The van der Waals surface area contributed by atoms with Gasteiger partial charge in [-0.3, -0.25) is 4.57 Å². The molecule has 8 heteroatoms. The SMILES string of the molecule is CCCCCc1cc2cn(C/C=C3\OC(=O)C(OCc4ccccc4)=C3OCc3ccccc3)c(=O)nc2o1. The molecule has 0 atom stereocenters. The van der Waals surface area contributed by atoms with Crippen molar-refractivity contribution in [3.05, 3.63) is 124 Å². The lowest BCUT2D eigenvalue weighted by Gasteiger charge is -2.10. The molecule has 39 heavy (non-hydrogen) atoms. The van der Waals surface area contributed by atoms with Crippen LogP contribution in [0.15, 0.2) is 105 Å². The summed E-state index contributed by atoms with van der Waals surface area (Å²) >= 11 is 0. The highest BCUT2D eigenvalue weighted by molar-refractivity contribution is 5.91. The lowest BCUT2D eigenvalue weighted by atomic mass is 10.2. The van der Waals surface area contributed by atoms with Gasteiger partial charge in [-0.15, -0.1) is 0 Å². The number of cyclic esters (lactones) is 1. The molecule has 0 saturated heterocycles. The number of ether oxygens (including phenoxy) is 3. The minimum absolute atomic E-state index is 0.00601. The highest BCUT2D eigenvalue weighted by Gasteiger charge is 2.34. The largest absolute Gasteiger partial charge is 0.481 e. The van der Waals surface area contributed by atoms with E-state index in [1.807, 2.05) is 66.7 Å². The number of hydrogen-bond donors (Lipinski definition) is 0. The van der Waals surface area contributed by atoms with Crippen molar-refractivity contribution in [3.8, 4) is 0 Å². The molecule has 0 radical (unpaired) electrons. The van der Waals surface area contributed by atoms with Gasteiger partial charge in [-0.05, 0) is 29.7 Å². The van der Waals surface area contributed by atoms with Crippen molar-refractivity contribution in [2.24, 2.45) is 0 Å². The second kappa shape index (κ2) is 12.3. The van der Waals surface area contributed by atoms with Crippen LogP contribution in [0.3, 0.4) is 0 Å². The predicted octanol–water partition coefficient (Wildman–Crippen LogP) is 5.81. The van der Waals surface area contributed by atoms with Gasteiger partial charge >= 0.3 is 11.7 Å². The van der Waals surface area contributed by atoms with Crippen molar-refractivity contribution in [3.63, 3.8) is 0 Å². The zero-order chi connectivity index (χ0) is 27.0. The first-order valence-corrected chi connectivity index (χ1v) is 13.1. The third-order valence-corrected chi connectivity index (χ3v) is 6.30. The zero-order valence-electron chi connectivity index (χ0n) is 21.8. The van der Waals surface area contributed by atoms with Crippen LogP contribution < -0.4 is 5.69 Å². The fourth-order valence-corrected chi connectivity index (χ4v) is 4.24. The molecule has 0 bridgehead atoms. The smallest absolute Gasteiger partial charge is 0.383 e. The molecule has 2 aromatic heterocycles. The summed E-state index contributed by atoms with van der Waals surface area (Å²) < 4.78 is 24.6. The number of benzene rings is 2. The van der Waals surface area contributed by atoms with Crippen molar-refractivity contribution in [1.82, 2.24) is 9.55 Å². The molecular formula is C31H30N2O6. The lowest BCUT2D eigenvalue weighted by molar-refractivity contribution is -0.136. The Labute approximate surface area is 226 Å². The molecule has 0 unspecified atom stereocenters. The maximum atomic E-state index is 12.8. The van der Waals surface area contributed by atoms with E-state index in [0.29, 0.717) is 5.71 Å². The number of furan rings is 1. The molecule has 0 spiro atoms. The predicted molar refractivity (Wildman–Crippen MR) is 145 cm³/mol. The number of nitrogens with zero attached hydrogens (tertiary/aromatic N) is 2. The topological polar surface area (TPSA) is 92.8 Å². The molecule has 0 amide bonds. The summed E-state index contributed by atoms with van der Waals surface area (Å²) in [7, 11) is 0. The summed E-state index contributed by atoms with van der Waals surface area (Å²) in [4.78, 5) is 29.5. The summed E-state index contributed by atoms with van der Waals surface area (Å²) in [5.41, 5.74) is 1.69. The maximum Gasteiger partial charge on any atom is 0.383 e. The molecular weight excluding hydrogens is 496 g/mol. The van der Waals surface area contributed by atoms with Crippen LogP contribution in [-0.4, -0.2) is 15.5 Å². The van der Waals surface area contributed by atoms with Crippen LogP contribution in [0.1, 0.15) is 43.1 Å². The fourth-order valence-electron chi connectivity index (χ4n) is 4.24. The fraction of sp³-hybridized carbons (Fsp3) is 0.258. The van der Waals surface area contributed by atoms with E-state index < -0.39 is 11.7 Å². The molecule has 1 aliphatic rings. The molecule has 0 fully saturated rings. The third-order valence-electron chi connectivity index (χ3n) is 6.30. The van der Waals surface area contributed by atoms with Crippen LogP contribution in [-0.2, 0) is 45.2 Å². The highest BCUT2D eigenvalue weighted by Crippen LogP contribution is 2.30. The Morgan fingerprint density at radius 2 is 1.56 bits per heavy atom. The summed E-state index contributed by atoms with van der Waals surface area (Å²) in [6.45, 7) is 2.66. The first-order valence-electron chi connectivity index (χ1n) is 13.1. The molecule has 1 aliphatic heterocycles. The van der Waals surface area contributed by atoms with Gasteiger partial charge < -0.3 is 18.6 Å². The van der Waals surface area contributed by atoms with Crippen molar-refractivity contribution in [2.45, 2.75) is 52.4 Å². The number of aromatic nitrogens is 2. The standard InChI is InChI=1S/C31H30N2O6/c1-2-3-6-15-25-18-24-19-33(31(35)32-29(24)38-25)17-16-26-27(36-20-22-11-7-4-8-12-22)28(30(34)39-26)37-21-23-13-9-5-10-14-23/h4-5,7-14,16,18-19H,2-3,6,15,17,20-21H2,1H3/b26-16-. The van der Waals surface area contributed by atoms with Crippen molar-refractivity contribution in [1.29, 1.82) is 0 Å². The third kappa shape index (κ3) is 6.46. The Hall–Kier alpha value is -4.59. The maximum absolute atomic E-state index is 12.8.